The highest BCUT2D eigenvalue weighted by molar-refractivity contribution is 5.08. The van der Waals surface area contributed by atoms with Crippen molar-refractivity contribution < 1.29 is 0 Å². The van der Waals surface area contributed by atoms with Crippen LogP contribution in [0.15, 0.2) is 0 Å². The zero-order valence-electron chi connectivity index (χ0n) is 9.22. The third-order valence-corrected chi connectivity index (χ3v) is 4.81. The molecule has 4 atom stereocenters. The van der Waals surface area contributed by atoms with Crippen molar-refractivity contribution in [1.82, 2.24) is 0 Å². The smallest absolute Gasteiger partial charge is 0.00745 e. The predicted molar refractivity (Wildman–Crippen MR) is 56.3 cm³/mol. The van der Waals surface area contributed by atoms with E-state index < -0.39 is 0 Å². The minimum Gasteiger partial charge on any atom is -0.330 e. The predicted octanol–water partition coefficient (Wildman–Crippen LogP) is 2.65. The van der Waals surface area contributed by atoms with Gasteiger partial charge in [0, 0.05) is 0 Å². The summed E-state index contributed by atoms with van der Waals surface area (Å²) in [4.78, 5) is 0. The first-order chi connectivity index (χ1) is 6.07. The van der Waals surface area contributed by atoms with Crippen molar-refractivity contribution in [2.45, 2.75) is 40.0 Å². The molecule has 1 unspecified atom stereocenters. The number of nitrogens with two attached hydrogens (primary N) is 1. The Morgan fingerprint density at radius 1 is 1.23 bits per heavy atom. The molecule has 0 saturated heterocycles. The largest absolute Gasteiger partial charge is 0.330 e. The van der Waals surface area contributed by atoms with Crippen LogP contribution in [0.5, 0.6) is 0 Å². The van der Waals surface area contributed by atoms with Gasteiger partial charge < -0.3 is 5.73 Å². The summed E-state index contributed by atoms with van der Waals surface area (Å²) in [5, 5.41) is 0. The van der Waals surface area contributed by atoms with Crippen LogP contribution in [0.3, 0.4) is 0 Å². The molecule has 76 valence electrons. The average Bonchev–Trinajstić information content (AvgIpc) is 2.56. The van der Waals surface area contributed by atoms with Crippen molar-refractivity contribution in [3.05, 3.63) is 0 Å². The maximum atomic E-state index is 5.65. The SMILES string of the molecule is C[C@@H]1C[C@H]2[C@@H](CC1CCN)C2(C)C. The summed E-state index contributed by atoms with van der Waals surface area (Å²) in [5.41, 5.74) is 6.31. The molecule has 2 rings (SSSR count). The van der Waals surface area contributed by atoms with Crippen molar-refractivity contribution >= 4 is 0 Å². The lowest BCUT2D eigenvalue weighted by Crippen LogP contribution is -2.21. The van der Waals surface area contributed by atoms with Gasteiger partial charge in [-0.1, -0.05) is 20.8 Å². The van der Waals surface area contributed by atoms with Gasteiger partial charge in [0.05, 0.1) is 0 Å². The van der Waals surface area contributed by atoms with E-state index in [-0.39, 0.29) is 0 Å². The van der Waals surface area contributed by atoms with Gasteiger partial charge in [-0.3, -0.25) is 0 Å². The lowest BCUT2D eigenvalue weighted by Gasteiger charge is -2.27. The lowest BCUT2D eigenvalue weighted by molar-refractivity contribution is 0.234. The molecule has 2 fully saturated rings. The van der Waals surface area contributed by atoms with Crippen LogP contribution in [0.1, 0.15) is 40.0 Å². The molecule has 0 heterocycles. The first kappa shape index (κ1) is 9.51. The number of rotatable bonds is 2. The van der Waals surface area contributed by atoms with Gasteiger partial charge in [0.15, 0.2) is 0 Å². The van der Waals surface area contributed by atoms with Crippen LogP contribution in [-0.4, -0.2) is 6.54 Å². The van der Waals surface area contributed by atoms with E-state index in [1.807, 2.05) is 0 Å². The van der Waals surface area contributed by atoms with Gasteiger partial charge in [0.1, 0.15) is 0 Å². The lowest BCUT2D eigenvalue weighted by atomic mass is 9.79. The Balaban J connectivity index is 1.97. The molecule has 2 saturated carbocycles. The number of hydrogen-bond donors (Lipinski definition) is 1. The maximum absolute atomic E-state index is 5.65. The standard InChI is InChI=1S/C12H23N/c1-8-6-10-11(12(10,2)3)7-9(8)4-5-13/h8-11H,4-7,13H2,1-3H3/t8-,9?,10+,11-/m1/s1. The molecule has 2 aliphatic carbocycles. The normalized spacial score (nSPS) is 47.1. The van der Waals surface area contributed by atoms with Crippen LogP contribution in [0.25, 0.3) is 0 Å². The van der Waals surface area contributed by atoms with Crippen LogP contribution in [0.2, 0.25) is 0 Å². The molecule has 0 aliphatic heterocycles. The Hall–Kier alpha value is -0.0400. The summed E-state index contributed by atoms with van der Waals surface area (Å²) in [5.74, 6) is 3.91. The van der Waals surface area contributed by atoms with Crippen LogP contribution < -0.4 is 5.73 Å². The Bertz CT molecular complexity index is 197. The number of fused-ring (bicyclic) bond motifs is 1. The van der Waals surface area contributed by atoms with Crippen molar-refractivity contribution in [2.24, 2.45) is 34.8 Å². The fourth-order valence-electron chi connectivity index (χ4n) is 3.56. The van der Waals surface area contributed by atoms with E-state index in [4.69, 9.17) is 5.73 Å². The molecule has 2 aliphatic rings. The Labute approximate surface area is 82.1 Å². The van der Waals surface area contributed by atoms with Crippen molar-refractivity contribution in [2.75, 3.05) is 6.54 Å². The second kappa shape index (κ2) is 2.98. The molecule has 0 aromatic carbocycles. The zero-order valence-corrected chi connectivity index (χ0v) is 9.22. The Morgan fingerprint density at radius 3 is 2.46 bits per heavy atom. The highest BCUT2D eigenvalue weighted by Crippen LogP contribution is 2.67. The van der Waals surface area contributed by atoms with Gasteiger partial charge in [0.2, 0.25) is 0 Å². The molecule has 0 amide bonds. The Morgan fingerprint density at radius 2 is 1.85 bits per heavy atom. The summed E-state index contributed by atoms with van der Waals surface area (Å²) < 4.78 is 0. The van der Waals surface area contributed by atoms with Gasteiger partial charge in [0.25, 0.3) is 0 Å². The van der Waals surface area contributed by atoms with E-state index in [1.165, 1.54) is 19.3 Å². The second-order valence-electron chi connectivity index (χ2n) is 5.82. The fourth-order valence-corrected chi connectivity index (χ4v) is 3.56. The molecule has 1 heteroatoms. The van der Waals surface area contributed by atoms with Crippen LogP contribution in [0, 0.1) is 29.1 Å². The molecule has 13 heavy (non-hydrogen) atoms. The molecule has 0 aromatic rings. The summed E-state index contributed by atoms with van der Waals surface area (Å²) in [6.45, 7) is 8.19. The van der Waals surface area contributed by atoms with Crippen LogP contribution in [-0.2, 0) is 0 Å². The van der Waals surface area contributed by atoms with E-state index in [2.05, 4.69) is 20.8 Å². The maximum Gasteiger partial charge on any atom is -0.00745 e. The third kappa shape index (κ3) is 1.41. The average molecular weight is 181 g/mol. The molecular formula is C12H23N. The molecule has 0 radical (unpaired) electrons. The van der Waals surface area contributed by atoms with Crippen molar-refractivity contribution in [3.8, 4) is 0 Å². The topological polar surface area (TPSA) is 26.0 Å². The first-order valence-corrected chi connectivity index (χ1v) is 5.77. The highest BCUT2D eigenvalue weighted by atomic mass is 14.7. The molecular weight excluding hydrogens is 158 g/mol. The second-order valence-corrected chi connectivity index (χ2v) is 5.82. The molecule has 2 N–H and O–H groups in total. The van der Waals surface area contributed by atoms with Gasteiger partial charge in [-0.15, -0.1) is 0 Å². The molecule has 0 spiro atoms. The quantitative estimate of drug-likeness (QED) is 0.696. The molecule has 1 nitrogen and oxygen atoms in total. The van der Waals surface area contributed by atoms with Crippen LogP contribution in [0.4, 0.5) is 0 Å². The van der Waals surface area contributed by atoms with Crippen molar-refractivity contribution in [1.29, 1.82) is 0 Å². The van der Waals surface area contributed by atoms with E-state index in [9.17, 15) is 0 Å². The van der Waals surface area contributed by atoms with Gasteiger partial charge >= 0.3 is 0 Å². The third-order valence-electron chi connectivity index (χ3n) is 4.81. The summed E-state index contributed by atoms with van der Waals surface area (Å²) >= 11 is 0. The van der Waals surface area contributed by atoms with Gasteiger partial charge in [-0.25, -0.2) is 0 Å². The molecule has 0 aromatic heterocycles. The summed E-state index contributed by atoms with van der Waals surface area (Å²) in [6.07, 6.45) is 4.17. The fraction of sp³-hybridized carbons (Fsp3) is 1.00. The van der Waals surface area contributed by atoms with Crippen molar-refractivity contribution in [3.63, 3.8) is 0 Å². The Kier molecular flexibility index (Phi) is 2.18. The van der Waals surface area contributed by atoms with E-state index in [0.29, 0.717) is 5.41 Å². The van der Waals surface area contributed by atoms with E-state index in [0.717, 1.165) is 30.2 Å². The number of hydrogen-bond acceptors (Lipinski definition) is 1. The van der Waals surface area contributed by atoms with E-state index >= 15 is 0 Å². The molecule has 0 bridgehead atoms. The first-order valence-electron chi connectivity index (χ1n) is 5.77. The zero-order chi connectivity index (χ0) is 9.64. The monoisotopic (exact) mass is 181 g/mol. The van der Waals surface area contributed by atoms with Gasteiger partial charge in [-0.05, 0) is 54.9 Å². The highest BCUT2D eigenvalue weighted by Gasteiger charge is 2.60. The van der Waals surface area contributed by atoms with Crippen LogP contribution >= 0.6 is 0 Å². The summed E-state index contributed by atoms with van der Waals surface area (Å²) in [6, 6.07) is 0. The van der Waals surface area contributed by atoms with E-state index in [1.54, 1.807) is 0 Å². The summed E-state index contributed by atoms with van der Waals surface area (Å²) in [7, 11) is 0. The minimum absolute atomic E-state index is 0.664. The van der Waals surface area contributed by atoms with Gasteiger partial charge in [-0.2, -0.15) is 0 Å². The minimum atomic E-state index is 0.664.